The maximum Gasteiger partial charge on any atom is 0.336 e. The number of hydrogen-bond donors (Lipinski definition) is 0. The second kappa shape index (κ2) is 12.6. The van der Waals surface area contributed by atoms with Crippen LogP contribution in [0.15, 0.2) is 107 Å². The molecule has 0 spiro atoms. The Morgan fingerprint density at radius 3 is 2.49 bits per heavy atom. The summed E-state index contributed by atoms with van der Waals surface area (Å²) < 4.78 is 12.4. The van der Waals surface area contributed by atoms with Gasteiger partial charge in [-0.1, -0.05) is 65.7 Å². The lowest BCUT2D eigenvalue weighted by Crippen LogP contribution is -2.20. The average molecular weight is 584 g/mol. The average Bonchev–Trinajstić information content (AvgIpc) is 2.97. The monoisotopic (exact) mass is 583 g/mol. The van der Waals surface area contributed by atoms with Crippen molar-refractivity contribution in [3.05, 3.63) is 129 Å². The second-order valence-corrected chi connectivity index (χ2v) is 9.59. The lowest BCUT2D eigenvalue weighted by Gasteiger charge is -2.12. The number of ether oxygens (including phenoxy) is 2. The summed E-state index contributed by atoms with van der Waals surface area (Å²) in [6.45, 7) is 2.17. The number of para-hydroxylation sites is 1. The predicted octanol–water partition coefficient (Wildman–Crippen LogP) is 7.27. The zero-order valence-corrected chi connectivity index (χ0v) is 23.3. The minimum Gasteiger partial charge on any atom is -0.490 e. The molecule has 0 saturated carbocycles. The number of benzene rings is 4. The maximum atomic E-state index is 13.5. The summed E-state index contributed by atoms with van der Waals surface area (Å²) in [5.41, 5.74) is 2.11. The third-order valence-electron chi connectivity index (χ3n) is 5.94. The van der Waals surface area contributed by atoms with Gasteiger partial charge in [0.05, 0.1) is 28.7 Å². The molecule has 5 aromatic rings. The molecule has 0 radical (unpaired) electrons. The molecule has 0 bridgehead atoms. The highest BCUT2D eigenvalue weighted by Crippen LogP contribution is 2.30. The molecule has 0 aliphatic heterocycles. The molecular weight excluding hydrogens is 561 g/mol. The first kappa shape index (κ1) is 27.8. The maximum absolute atomic E-state index is 13.5. The molecule has 0 saturated heterocycles. The van der Waals surface area contributed by atoms with Gasteiger partial charge in [-0.3, -0.25) is 4.79 Å². The quantitative estimate of drug-likeness (QED) is 0.0829. The van der Waals surface area contributed by atoms with Gasteiger partial charge in [0, 0.05) is 16.7 Å². The van der Waals surface area contributed by atoms with Crippen LogP contribution in [0.1, 0.15) is 18.1 Å². The molecule has 1 heterocycles. The first-order chi connectivity index (χ1) is 19.9. The number of fused-ring (bicyclic) bond motifs is 1. The van der Waals surface area contributed by atoms with Crippen molar-refractivity contribution in [2.45, 2.75) is 6.92 Å². The van der Waals surface area contributed by atoms with E-state index in [9.17, 15) is 9.59 Å². The van der Waals surface area contributed by atoms with Crippen molar-refractivity contribution in [3.63, 3.8) is 0 Å². The Morgan fingerprint density at radius 2 is 1.71 bits per heavy atom. The number of aromatic nitrogens is 2. The third-order valence-corrected chi connectivity index (χ3v) is 6.49. The summed E-state index contributed by atoms with van der Waals surface area (Å²) in [4.78, 5) is 30.6. The first-order valence-electron chi connectivity index (χ1n) is 12.7. The fourth-order valence-corrected chi connectivity index (χ4v) is 4.52. The van der Waals surface area contributed by atoms with E-state index in [2.05, 4.69) is 10.1 Å². The number of halogens is 2. The van der Waals surface area contributed by atoms with Crippen LogP contribution in [0.3, 0.4) is 0 Å². The van der Waals surface area contributed by atoms with Gasteiger partial charge in [-0.05, 0) is 72.7 Å². The lowest BCUT2D eigenvalue weighted by molar-refractivity contribution is -0.129. The lowest BCUT2D eigenvalue weighted by atomic mass is 10.2. The van der Waals surface area contributed by atoms with Gasteiger partial charge in [-0.2, -0.15) is 9.78 Å². The number of carbonyl (C=O) groups is 1. The van der Waals surface area contributed by atoms with Gasteiger partial charge in [-0.25, -0.2) is 9.78 Å². The molecule has 5 rings (SSSR count). The van der Waals surface area contributed by atoms with Gasteiger partial charge >= 0.3 is 5.97 Å². The van der Waals surface area contributed by atoms with E-state index in [0.717, 1.165) is 5.56 Å². The molecule has 0 aliphatic rings. The number of rotatable bonds is 8. The Labute approximate surface area is 245 Å². The highest BCUT2D eigenvalue weighted by atomic mass is 35.5. The topological polar surface area (TPSA) is 82.8 Å². The van der Waals surface area contributed by atoms with E-state index >= 15 is 0 Å². The predicted molar refractivity (Wildman–Crippen MR) is 163 cm³/mol. The zero-order chi connectivity index (χ0) is 28.8. The largest absolute Gasteiger partial charge is 0.490 e. The molecular formula is C32H23Cl2N3O4. The van der Waals surface area contributed by atoms with Crippen molar-refractivity contribution in [1.29, 1.82) is 0 Å². The zero-order valence-electron chi connectivity index (χ0n) is 21.8. The number of esters is 1. The Kier molecular flexibility index (Phi) is 8.58. The third kappa shape index (κ3) is 6.54. The van der Waals surface area contributed by atoms with Crippen molar-refractivity contribution in [3.8, 4) is 22.9 Å². The first-order valence-corrected chi connectivity index (χ1v) is 13.4. The van der Waals surface area contributed by atoms with Crippen LogP contribution in [0.5, 0.6) is 11.5 Å². The smallest absolute Gasteiger partial charge is 0.336 e. The van der Waals surface area contributed by atoms with Crippen molar-refractivity contribution < 1.29 is 14.3 Å². The van der Waals surface area contributed by atoms with E-state index in [1.54, 1.807) is 66.7 Å². The molecule has 41 heavy (non-hydrogen) atoms. The van der Waals surface area contributed by atoms with E-state index < -0.39 is 5.97 Å². The minimum atomic E-state index is -0.547. The fourth-order valence-electron chi connectivity index (χ4n) is 4.03. The molecule has 0 unspecified atom stereocenters. The highest BCUT2D eigenvalue weighted by Gasteiger charge is 2.16. The molecule has 0 fully saturated rings. The Hall–Kier alpha value is -4.72. The van der Waals surface area contributed by atoms with Gasteiger partial charge in [0.2, 0.25) is 0 Å². The van der Waals surface area contributed by atoms with E-state index in [4.69, 9.17) is 32.7 Å². The molecule has 4 aromatic carbocycles. The van der Waals surface area contributed by atoms with Gasteiger partial charge < -0.3 is 9.47 Å². The Balaban J connectivity index is 1.49. The molecule has 9 heteroatoms. The number of carbonyl (C=O) groups excluding carboxylic acids is 1. The van der Waals surface area contributed by atoms with E-state index in [0.29, 0.717) is 44.4 Å². The normalized spacial score (nSPS) is 11.4. The van der Waals surface area contributed by atoms with Crippen LogP contribution in [-0.2, 0) is 4.79 Å². The summed E-state index contributed by atoms with van der Waals surface area (Å²) in [6, 6.07) is 26.3. The number of nitrogens with zero attached hydrogens (tertiary/aromatic N) is 3. The minimum absolute atomic E-state index is 0.255. The van der Waals surface area contributed by atoms with Crippen LogP contribution < -0.4 is 15.0 Å². The molecule has 0 atom stereocenters. The summed E-state index contributed by atoms with van der Waals surface area (Å²) in [5.74, 6) is 0.314. The van der Waals surface area contributed by atoms with Crippen LogP contribution >= 0.6 is 23.2 Å². The molecule has 0 aliphatic carbocycles. The number of hydrogen-bond acceptors (Lipinski definition) is 6. The van der Waals surface area contributed by atoms with Crippen LogP contribution in [0.25, 0.3) is 28.4 Å². The summed E-state index contributed by atoms with van der Waals surface area (Å²) >= 11 is 12.6. The van der Waals surface area contributed by atoms with Crippen molar-refractivity contribution in [2.24, 2.45) is 5.10 Å². The van der Waals surface area contributed by atoms with Gasteiger partial charge in [-0.15, -0.1) is 0 Å². The van der Waals surface area contributed by atoms with Crippen molar-refractivity contribution >= 4 is 52.4 Å². The highest BCUT2D eigenvalue weighted by molar-refractivity contribution is 6.36. The van der Waals surface area contributed by atoms with Crippen LogP contribution in [0.2, 0.25) is 10.0 Å². The molecule has 0 N–H and O–H groups in total. The Bertz CT molecular complexity index is 1850. The van der Waals surface area contributed by atoms with E-state index in [1.165, 1.54) is 17.0 Å². The van der Waals surface area contributed by atoms with E-state index in [1.807, 2.05) is 37.3 Å². The SMILES string of the molecule is CCOc1cc(C=Nn2c(-c3ccc(Cl)cc3Cl)nc3ccccc3c2=O)ccc1OC(=O)/C=C/c1ccccc1. The standard InChI is InChI=1S/C32H23Cl2N3O4/c1-2-40-29-18-22(12-16-28(29)41-30(38)17-13-21-8-4-3-5-9-21)20-35-37-31(24-15-14-23(33)19-26(24)34)36-27-11-7-6-10-25(27)32(37)39/h3-20H,2H2,1H3/b17-13+,35-20?. The second-order valence-electron chi connectivity index (χ2n) is 8.74. The van der Waals surface area contributed by atoms with Crippen molar-refractivity contribution in [2.75, 3.05) is 6.61 Å². The van der Waals surface area contributed by atoms with Crippen LogP contribution in [-0.4, -0.2) is 28.5 Å². The summed E-state index contributed by atoms with van der Waals surface area (Å²) in [7, 11) is 0. The molecule has 1 aromatic heterocycles. The molecule has 204 valence electrons. The fraction of sp³-hybridized carbons (Fsp3) is 0.0625. The van der Waals surface area contributed by atoms with Crippen LogP contribution in [0.4, 0.5) is 0 Å². The molecule has 7 nitrogen and oxygen atoms in total. The van der Waals surface area contributed by atoms with Gasteiger partial charge in [0.1, 0.15) is 0 Å². The van der Waals surface area contributed by atoms with E-state index in [-0.39, 0.29) is 17.1 Å². The van der Waals surface area contributed by atoms with Gasteiger partial charge in [0.25, 0.3) is 5.56 Å². The van der Waals surface area contributed by atoms with Gasteiger partial charge in [0.15, 0.2) is 17.3 Å². The van der Waals surface area contributed by atoms with Crippen molar-refractivity contribution in [1.82, 2.24) is 9.66 Å². The summed E-state index contributed by atoms with van der Waals surface area (Å²) in [5, 5.41) is 5.66. The molecule has 0 amide bonds. The Morgan fingerprint density at radius 1 is 0.927 bits per heavy atom. The summed E-state index contributed by atoms with van der Waals surface area (Å²) in [6.07, 6.45) is 4.52. The van der Waals surface area contributed by atoms with Crippen LogP contribution in [0, 0.1) is 0 Å².